The van der Waals surface area contributed by atoms with E-state index in [0.29, 0.717) is 12.9 Å². The Morgan fingerprint density at radius 1 is 1.08 bits per heavy atom. The van der Waals surface area contributed by atoms with Gasteiger partial charge in [-0.25, -0.2) is 0 Å². The first-order valence-electron chi connectivity index (χ1n) is 9.19. The zero-order chi connectivity index (χ0) is 17.2. The van der Waals surface area contributed by atoms with E-state index in [9.17, 15) is 4.79 Å². The fourth-order valence-corrected chi connectivity index (χ4v) is 3.93. The number of carbonyl (C=O) groups excluding carboxylic acids is 1. The molecule has 0 unspecified atom stereocenters. The molecule has 25 heavy (non-hydrogen) atoms. The molecular formula is C19H26N2O4. The maximum Gasteiger partial charge on any atom is 0.231 e. The van der Waals surface area contributed by atoms with Crippen LogP contribution in [0, 0.1) is 0 Å². The second kappa shape index (κ2) is 7.22. The van der Waals surface area contributed by atoms with E-state index in [1.165, 1.54) is 5.56 Å². The summed E-state index contributed by atoms with van der Waals surface area (Å²) in [5.41, 5.74) is 1.24. The molecule has 0 N–H and O–H groups in total. The Bertz CT molecular complexity index is 628. The van der Waals surface area contributed by atoms with Crippen LogP contribution in [0.2, 0.25) is 0 Å². The number of fused-ring (bicyclic) bond motifs is 1. The summed E-state index contributed by atoms with van der Waals surface area (Å²) in [4.78, 5) is 15.8. The van der Waals surface area contributed by atoms with E-state index in [1.54, 1.807) is 6.92 Å². The topological polar surface area (TPSA) is 51.2 Å². The van der Waals surface area contributed by atoms with Crippen molar-refractivity contribution in [3.63, 3.8) is 0 Å². The highest BCUT2D eigenvalue weighted by Gasteiger charge is 2.29. The van der Waals surface area contributed by atoms with Crippen molar-refractivity contribution >= 4 is 5.91 Å². The van der Waals surface area contributed by atoms with Crippen molar-refractivity contribution in [3.05, 3.63) is 23.8 Å². The maximum absolute atomic E-state index is 11.4. The first-order valence-corrected chi connectivity index (χ1v) is 9.19. The summed E-state index contributed by atoms with van der Waals surface area (Å²) >= 11 is 0. The molecule has 6 heteroatoms. The van der Waals surface area contributed by atoms with E-state index >= 15 is 0 Å². The molecule has 0 saturated carbocycles. The quantitative estimate of drug-likeness (QED) is 0.830. The van der Waals surface area contributed by atoms with Crippen molar-refractivity contribution in [2.24, 2.45) is 0 Å². The first kappa shape index (κ1) is 16.7. The standard InChI is InChI=1S/C19H26N2O4/c1-14(22)21-8-6-20(7-9-21)12-17-4-3-16(25-17)10-15-2-5-18-19(11-15)24-13-23-18/h2,5,11,16-17H,3-4,6-10,12-13H2,1H3/t16-,17+/m0/s1. The van der Waals surface area contributed by atoms with Gasteiger partial charge in [0.15, 0.2) is 11.5 Å². The zero-order valence-corrected chi connectivity index (χ0v) is 14.8. The van der Waals surface area contributed by atoms with Crippen LogP contribution >= 0.6 is 0 Å². The molecule has 2 saturated heterocycles. The third-order valence-corrected chi connectivity index (χ3v) is 5.38. The van der Waals surface area contributed by atoms with Gasteiger partial charge in [0.05, 0.1) is 12.2 Å². The third kappa shape index (κ3) is 3.90. The normalized spacial score (nSPS) is 26.2. The lowest BCUT2D eigenvalue weighted by Crippen LogP contribution is -2.49. The molecule has 1 aromatic rings. The fraction of sp³-hybridized carbons (Fsp3) is 0.632. The average molecular weight is 346 g/mol. The van der Waals surface area contributed by atoms with E-state index in [4.69, 9.17) is 14.2 Å². The van der Waals surface area contributed by atoms with Crippen LogP contribution in [-0.4, -0.2) is 67.4 Å². The van der Waals surface area contributed by atoms with E-state index in [-0.39, 0.29) is 12.0 Å². The number of hydrogen-bond donors (Lipinski definition) is 0. The Morgan fingerprint density at radius 2 is 1.84 bits per heavy atom. The van der Waals surface area contributed by atoms with E-state index in [2.05, 4.69) is 17.0 Å². The number of hydrogen-bond acceptors (Lipinski definition) is 5. The van der Waals surface area contributed by atoms with Crippen LogP contribution in [0.25, 0.3) is 0 Å². The van der Waals surface area contributed by atoms with E-state index in [1.807, 2.05) is 11.0 Å². The number of amides is 1. The molecule has 0 aliphatic carbocycles. The molecule has 0 spiro atoms. The van der Waals surface area contributed by atoms with E-state index < -0.39 is 0 Å². The first-order chi connectivity index (χ1) is 12.2. The number of rotatable bonds is 4. The monoisotopic (exact) mass is 346 g/mol. The van der Waals surface area contributed by atoms with Crippen LogP contribution in [0.15, 0.2) is 18.2 Å². The van der Waals surface area contributed by atoms with Crippen LogP contribution in [0.1, 0.15) is 25.3 Å². The Hall–Kier alpha value is -1.79. The SMILES string of the molecule is CC(=O)N1CCN(C[C@H]2CC[C@@H](Cc3ccc4c(c3)OCO4)O2)CC1. The summed E-state index contributed by atoms with van der Waals surface area (Å²) < 4.78 is 17.1. The summed E-state index contributed by atoms with van der Waals surface area (Å²) in [7, 11) is 0. The van der Waals surface area contributed by atoms with Crippen LogP contribution < -0.4 is 9.47 Å². The van der Waals surface area contributed by atoms with Crippen LogP contribution in [0.5, 0.6) is 11.5 Å². The molecule has 1 aromatic carbocycles. The average Bonchev–Trinajstić information content (AvgIpc) is 3.24. The number of ether oxygens (including phenoxy) is 3. The minimum atomic E-state index is 0.181. The van der Waals surface area contributed by atoms with Crippen molar-refractivity contribution in [3.8, 4) is 11.5 Å². The van der Waals surface area contributed by atoms with Gasteiger partial charge in [-0.05, 0) is 37.0 Å². The molecule has 4 rings (SSSR count). The van der Waals surface area contributed by atoms with Crippen LogP contribution in [-0.2, 0) is 16.0 Å². The number of carbonyl (C=O) groups is 1. The van der Waals surface area contributed by atoms with Gasteiger partial charge in [0.1, 0.15) is 0 Å². The Labute approximate surface area is 148 Å². The highest BCUT2D eigenvalue weighted by molar-refractivity contribution is 5.73. The Morgan fingerprint density at radius 3 is 2.64 bits per heavy atom. The van der Waals surface area contributed by atoms with Crippen molar-refractivity contribution < 1.29 is 19.0 Å². The predicted octanol–water partition coefficient (Wildman–Crippen LogP) is 1.67. The lowest BCUT2D eigenvalue weighted by Gasteiger charge is -2.35. The van der Waals surface area contributed by atoms with Gasteiger partial charge in [-0.3, -0.25) is 9.69 Å². The van der Waals surface area contributed by atoms with Gasteiger partial charge in [0.25, 0.3) is 0 Å². The molecule has 2 fully saturated rings. The van der Waals surface area contributed by atoms with Crippen LogP contribution in [0.3, 0.4) is 0 Å². The van der Waals surface area contributed by atoms with Gasteiger partial charge < -0.3 is 19.1 Å². The molecule has 2 atom stereocenters. The molecule has 0 radical (unpaired) electrons. The molecule has 1 amide bonds. The van der Waals surface area contributed by atoms with Crippen molar-refractivity contribution in [2.75, 3.05) is 39.5 Å². The third-order valence-electron chi connectivity index (χ3n) is 5.38. The predicted molar refractivity (Wildman–Crippen MR) is 92.9 cm³/mol. The van der Waals surface area contributed by atoms with Gasteiger partial charge in [0, 0.05) is 39.6 Å². The second-order valence-corrected chi connectivity index (χ2v) is 7.16. The molecule has 3 aliphatic rings. The van der Waals surface area contributed by atoms with Gasteiger partial charge in [0.2, 0.25) is 12.7 Å². The van der Waals surface area contributed by atoms with Gasteiger partial charge >= 0.3 is 0 Å². The number of piperazine rings is 1. The smallest absolute Gasteiger partial charge is 0.231 e. The molecule has 0 aromatic heterocycles. The second-order valence-electron chi connectivity index (χ2n) is 7.16. The summed E-state index contributed by atoms with van der Waals surface area (Å²) in [5.74, 6) is 1.86. The molecule has 0 bridgehead atoms. The summed E-state index contributed by atoms with van der Waals surface area (Å²) in [6, 6.07) is 6.16. The van der Waals surface area contributed by atoms with Gasteiger partial charge in [-0.2, -0.15) is 0 Å². The van der Waals surface area contributed by atoms with Crippen LogP contribution in [0.4, 0.5) is 0 Å². The summed E-state index contributed by atoms with van der Waals surface area (Å²) in [6.45, 7) is 6.52. The minimum absolute atomic E-state index is 0.181. The minimum Gasteiger partial charge on any atom is -0.454 e. The number of nitrogens with zero attached hydrogens (tertiary/aromatic N) is 2. The number of benzene rings is 1. The lowest BCUT2D eigenvalue weighted by molar-refractivity contribution is -0.130. The Kier molecular flexibility index (Phi) is 4.81. The maximum atomic E-state index is 11.4. The van der Waals surface area contributed by atoms with Gasteiger partial charge in [-0.15, -0.1) is 0 Å². The molecule has 3 aliphatic heterocycles. The lowest BCUT2D eigenvalue weighted by atomic mass is 10.0. The zero-order valence-electron chi connectivity index (χ0n) is 14.8. The van der Waals surface area contributed by atoms with Crippen molar-refractivity contribution in [1.29, 1.82) is 0 Å². The van der Waals surface area contributed by atoms with Gasteiger partial charge in [-0.1, -0.05) is 6.07 Å². The highest BCUT2D eigenvalue weighted by Crippen LogP contribution is 2.34. The Balaban J connectivity index is 1.24. The summed E-state index contributed by atoms with van der Waals surface area (Å²) in [5, 5.41) is 0. The van der Waals surface area contributed by atoms with E-state index in [0.717, 1.165) is 63.5 Å². The summed E-state index contributed by atoms with van der Waals surface area (Å²) in [6.07, 6.45) is 3.73. The molecule has 136 valence electrons. The van der Waals surface area contributed by atoms with Crippen molar-refractivity contribution in [2.45, 2.75) is 38.4 Å². The molecule has 6 nitrogen and oxygen atoms in total. The highest BCUT2D eigenvalue weighted by atomic mass is 16.7. The molecule has 3 heterocycles. The molecular weight excluding hydrogens is 320 g/mol. The van der Waals surface area contributed by atoms with Crippen molar-refractivity contribution in [1.82, 2.24) is 9.80 Å². The largest absolute Gasteiger partial charge is 0.454 e. The fourth-order valence-electron chi connectivity index (χ4n) is 3.93.